The van der Waals surface area contributed by atoms with Crippen LogP contribution in [-0.4, -0.2) is 4.98 Å². The number of aryl methyl sites for hydroxylation is 1. The molecule has 2 aromatic heterocycles. The van der Waals surface area contributed by atoms with Gasteiger partial charge in [-0.25, -0.2) is 0 Å². The molecule has 0 unspecified atom stereocenters. The Morgan fingerprint density at radius 2 is 2.06 bits per heavy atom. The summed E-state index contributed by atoms with van der Waals surface area (Å²) in [5.74, 6) is 0. The molecule has 3 rings (SSSR count). The monoisotopic (exact) mass is 254 g/mol. The van der Waals surface area contributed by atoms with Gasteiger partial charge in [0, 0.05) is 23.0 Å². The van der Waals surface area contributed by atoms with E-state index >= 15 is 0 Å². The molecular weight excluding hydrogens is 240 g/mol. The third-order valence-electron chi connectivity index (χ3n) is 3.04. The van der Waals surface area contributed by atoms with E-state index in [2.05, 4.69) is 52.9 Å². The molecule has 3 heteroatoms. The lowest BCUT2D eigenvalue weighted by atomic mass is 10.2. The van der Waals surface area contributed by atoms with Gasteiger partial charge < -0.3 is 5.32 Å². The third kappa shape index (κ3) is 2.09. The molecule has 0 radical (unpaired) electrons. The van der Waals surface area contributed by atoms with Crippen molar-refractivity contribution in [2.45, 2.75) is 13.5 Å². The number of benzene rings is 1. The molecule has 0 spiro atoms. The standard InChI is InChI=1S/C15H14N2S/c1-11-7-9-18-14(11)10-17-13-6-2-4-12-5-3-8-16-15(12)13/h2-9,17H,10H2,1H3. The van der Waals surface area contributed by atoms with Crippen molar-refractivity contribution >= 4 is 27.9 Å². The maximum Gasteiger partial charge on any atom is 0.0933 e. The maximum atomic E-state index is 4.44. The Bertz CT molecular complexity index is 668. The molecule has 3 aromatic rings. The summed E-state index contributed by atoms with van der Waals surface area (Å²) in [6.07, 6.45) is 1.84. The predicted molar refractivity (Wildman–Crippen MR) is 78.1 cm³/mol. The fraction of sp³-hybridized carbons (Fsp3) is 0.133. The topological polar surface area (TPSA) is 24.9 Å². The number of anilines is 1. The number of rotatable bonds is 3. The Balaban J connectivity index is 1.89. The number of pyridine rings is 1. The summed E-state index contributed by atoms with van der Waals surface area (Å²) in [7, 11) is 0. The lowest BCUT2D eigenvalue weighted by molar-refractivity contribution is 1.17. The van der Waals surface area contributed by atoms with Gasteiger partial charge in [-0.2, -0.15) is 0 Å². The molecule has 0 amide bonds. The summed E-state index contributed by atoms with van der Waals surface area (Å²) >= 11 is 1.79. The van der Waals surface area contributed by atoms with Crippen molar-refractivity contribution in [1.29, 1.82) is 0 Å². The number of nitrogens with one attached hydrogen (secondary N) is 1. The fourth-order valence-electron chi connectivity index (χ4n) is 2.01. The van der Waals surface area contributed by atoms with Crippen molar-refractivity contribution in [1.82, 2.24) is 4.98 Å². The van der Waals surface area contributed by atoms with Crippen molar-refractivity contribution in [3.05, 3.63) is 58.4 Å². The van der Waals surface area contributed by atoms with Crippen LogP contribution >= 0.6 is 11.3 Å². The van der Waals surface area contributed by atoms with Crippen molar-refractivity contribution in [2.24, 2.45) is 0 Å². The van der Waals surface area contributed by atoms with E-state index in [1.807, 2.05) is 12.3 Å². The quantitative estimate of drug-likeness (QED) is 0.757. The summed E-state index contributed by atoms with van der Waals surface area (Å²) in [5.41, 5.74) is 3.48. The molecule has 1 aromatic carbocycles. The lowest BCUT2D eigenvalue weighted by Crippen LogP contribution is -1.99. The molecule has 1 N–H and O–H groups in total. The van der Waals surface area contributed by atoms with Gasteiger partial charge in [-0.3, -0.25) is 4.98 Å². The molecular formula is C15H14N2S. The van der Waals surface area contributed by atoms with Gasteiger partial charge in [-0.1, -0.05) is 18.2 Å². The van der Waals surface area contributed by atoms with Crippen LogP contribution < -0.4 is 5.32 Å². The van der Waals surface area contributed by atoms with Crippen LogP contribution in [-0.2, 0) is 6.54 Å². The molecule has 2 heterocycles. The molecule has 0 saturated heterocycles. The van der Waals surface area contributed by atoms with Crippen LogP contribution in [0.15, 0.2) is 48.0 Å². The largest absolute Gasteiger partial charge is 0.378 e. The van der Waals surface area contributed by atoms with Crippen molar-refractivity contribution in [2.75, 3.05) is 5.32 Å². The Morgan fingerprint density at radius 3 is 2.89 bits per heavy atom. The normalized spacial score (nSPS) is 10.7. The number of hydrogen-bond acceptors (Lipinski definition) is 3. The molecule has 0 aliphatic heterocycles. The molecule has 0 aliphatic carbocycles. The number of aromatic nitrogens is 1. The van der Waals surface area contributed by atoms with E-state index in [0.717, 1.165) is 17.7 Å². The predicted octanol–water partition coefficient (Wildman–Crippen LogP) is 4.22. The number of para-hydroxylation sites is 1. The minimum Gasteiger partial charge on any atom is -0.378 e. The van der Waals surface area contributed by atoms with Crippen molar-refractivity contribution in [3.63, 3.8) is 0 Å². The highest BCUT2D eigenvalue weighted by molar-refractivity contribution is 7.10. The van der Waals surface area contributed by atoms with Gasteiger partial charge in [0.2, 0.25) is 0 Å². The van der Waals surface area contributed by atoms with E-state index < -0.39 is 0 Å². The first kappa shape index (κ1) is 11.2. The van der Waals surface area contributed by atoms with Crippen LogP contribution in [0.25, 0.3) is 10.9 Å². The molecule has 2 nitrogen and oxygen atoms in total. The second-order valence-corrected chi connectivity index (χ2v) is 5.26. The van der Waals surface area contributed by atoms with Crippen LogP contribution in [0.3, 0.4) is 0 Å². The van der Waals surface area contributed by atoms with Gasteiger partial charge >= 0.3 is 0 Å². The zero-order chi connectivity index (χ0) is 12.4. The minimum absolute atomic E-state index is 0.860. The summed E-state index contributed by atoms with van der Waals surface area (Å²) in [5, 5.41) is 6.78. The van der Waals surface area contributed by atoms with E-state index in [1.54, 1.807) is 11.3 Å². The average Bonchev–Trinajstić information content (AvgIpc) is 2.82. The molecule has 0 bridgehead atoms. The number of nitrogens with zero attached hydrogens (tertiary/aromatic N) is 1. The highest BCUT2D eigenvalue weighted by atomic mass is 32.1. The van der Waals surface area contributed by atoms with E-state index in [1.165, 1.54) is 15.8 Å². The molecule has 18 heavy (non-hydrogen) atoms. The van der Waals surface area contributed by atoms with Crippen LogP contribution in [0.1, 0.15) is 10.4 Å². The second-order valence-electron chi connectivity index (χ2n) is 4.26. The fourth-order valence-corrected chi connectivity index (χ4v) is 2.85. The maximum absolute atomic E-state index is 4.44. The van der Waals surface area contributed by atoms with E-state index in [9.17, 15) is 0 Å². The summed E-state index contributed by atoms with van der Waals surface area (Å²) in [6, 6.07) is 12.4. The van der Waals surface area contributed by atoms with E-state index in [0.29, 0.717) is 0 Å². The number of thiophene rings is 1. The third-order valence-corrected chi connectivity index (χ3v) is 4.06. The smallest absolute Gasteiger partial charge is 0.0933 e. The van der Waals surface area contributed by atoms with Gasteiger partial charge in [0.25, 0.3) is 0 Å². The summed E-state index contributed by atoms with van der Waals surface area (Å²) in [4.78, 5) is 5.82. The number of fused-ring (bicyclic) bond motifs is 1. The van der Waals surface area contributed by atoms with Crippen molar-refractivity contribution < 1.29 is 0 Å². The Hall–Kier alpha value is -1.87. The van der Waals surface area contributed by atoms with Gasteiger partial charge in [0.15, 0.2) is 0 Å². The van der Waals surface area contributed by atoms with Crippen LogP contribution in [0, 0.1) is 6.92 Å². The van der Waals surface area contributed by atoms with Gasteiger partial charge in [0.05, 0.1) is 11.2 Å². The highest BCUT2D eigenvalue weighted by Gasteiger charge is 2.03. The molecule has 0 atom stereocenters. The molecule has 90 valence electrons. The minimum atomic E-state index is 0.860. The van der Waals surface area contributed by atoms with Gasteiger partial charge in [-0.05, 0) is 36.1 Å². The first-order chi connectivity index (χ1) is 8.84. The molecule has 0 fully saturated rings. The number of hydrogen-bond donors (Lipinski definition) is 1. The lowest BCUT2D eigenvalue weighted by Gasteiger charge is -2.08. The Labute approximate surface area is 110 Å². The van der Waals surface area contributed by atoms with Gasteiger partial charge in [-0.15, -0.1) is 11.3 Å². The van der Waals surface area contributed by atoms with Crippen molar-refractivity contribution in [3.8, 4) is 0 Å². The van der Waals surface area contributed by atoms with Crippen LogP contribution in [0.4, 0.5) is 5.69 Å². The average molecular weight is 254 g/mol. The first-order valence-corrected chi connectivity index (χ1v) is 6.83. The molecule has 0 aliphatic rings. The SMILES string of the molecule is Cc1ccsc1CNc1cccc2cccnc12. The van der Waals surface area contributed by atoms with E-state index in [4.69, 9.17) is 0 Å². The molecule has 0 saturated carbocycles. The van der Waals surface area contributed by atoms with E-state index in [-0.39, 0.29) is 0 Å². The first-order valence-electron chi connectivity index (χ1n) is 5.95. The van der Waals surface area contributed by atoms with Crippen LogP contribution in [0.5, 0.6) is 0 Å². The zero-order valence-corrected chi connectivity index (χ0v) is 11.0. The highest BCUT2D eigenvalue weighted by Crippen LogP contribution is 2.23. The second kappa shape index (κ2) is 4.78. The zero-order valence-electron chi connectivity index (χ0n) is 10.2. The van der Waals surface area contributed by atoms with Crippen LogP contribution in [0.2, 0.25) is 0 Å². The van der Waals surface area contributed by atoms with Gasteiger partial charge in [0.1, 0.15) is 0 Å². The Kier molecular flexibility index (Phi) is 2.99. The summed E-state index contributed by atoms with van der Waals surface area (Å²) < 4.78 is 0. The summed E-state index contributed by atoms with van der Waals surface area (Å²) in [6.45, 7) is 3.01. The Morgan fingerprint density at radius 1 is 1.17 bits per heavy atom.